The summed E-state index contributed by atoms with van der Waals surface area (Å²) in [6.07, 6.45) is 0.566. The molecule has 0 saturated carbocycles. The summed E-state index contributed by atoms with van der Waals surface area (Å²) in [6, 6.07) is -0.983. The second-order valence-corrected chi connectivity index (χ2v) is 6.76. The van der Waals surface area contributed by atoms with Crippen LogP contribution in [0, 0.1) is 0 Å². The van der Waals surface area contributed by atoms with Gasteiger partial charge in [-0.05, 0) is 27.8 Å². The van der Waals surface area contributed by atoms with Crippen molar-refractivity contribution in [3.63, 3.8) is 0 Å². The van der Waals surface area contributed by atoms with Crippen LogP contribution in [-0.4, -0.2) is 71.1 Å². The number of rotatable bonds is 1. The maximum atomic E-state index is 12.5. The van der Waals surface area contributed by atoms with E-state index in [-0.39, 0.29) is 6.61 Å². The van der Waals surface area contributed by atoms with Crippen LogP contribution in [0.2, 0.25) is 0 Å². The van der Waals surface area contributed by atoms with E-state index in [0.717, 1.165) is 13.1 Å². The van der Waals surface area contributed by atoms with Gasteiger partial charge in [0.1, 0.15) is 11.3 Å². The molecular formula is C14H24N2O5. The molecule has 0 aromatic carbocycles. The molecule has 1 unspecified atom stereocenters. The Labute approximate surface area is 124 Å². The Morgan fingerprint density at radius 3 is 2.33 bits per heavy atom. The van der Waals surface area contributed by atoms with Crippen LogP contribution in [-0.2, 0) is 14.3 Å². The van der Waals surface area contributed by atoms with Crippen LogP contribution in [0.3, 0.4) is 0 Å². The molecule has 2 aliphatic rings. The van der Waals surface area contributed by atoms with Gasteiger partial charge in [-0.2, -0.15) is 0 Å². The molecule has 0 radical (unpaired) electrons. The highest BCUT2D eigenvalue weighted by molar-refractivity contribution is 5.81. The largest absolute Gasteiger partial charge is 0.480 e. The Bertz CT molecular complexity index is 424. The summed E-state index contributed by atoms with van der Waals surface area (Å²) >= 11 is 0. The number of hydrogen-bond acceptors (Lipinski definition) is 5. The van der Waals surface area contributed by atoms with Crippen molar-refractivity contribution >= 4 is 12.1 Å². The van der Waals surface area contributed by atoms with Gasteiger partial charge in [0.15, 0.2) is 6.04 Å². The molecule has 0 aromatic rings. The lowest BCUT2D eigenvalue weighted by atomic mass is 9.99. The minimum atomic E-state index is -1.06. The van der Waals surface area contributed by atoms with Gasteiger partial charge >= 0.3 is 12.1 Å². The molecular weight excluding hydrogens is 276 g/mol. The lowest BCUT2D eigenvalue weighted by Crippen LogP contribution is -2.58. The normalized spacial score (nSPS) is 26.1. The topological polar surface area (TPSA) is 79.3 Å². The first kappa shape index (κ1) is 16.0. The second kappa shape index (κ2) is 5.46. The van der Waals surface area contributed by atoms with Gasteiger partial charge in [-0.25, -0.2) is 9.59 Å². The third kappa shape index (κ3) is 3.29. The first-order valence-electron chi connectivity index (χ1n) is 7.22. The monoisotopic (exact) mass is 300 g/mol. The third-order valence-electron chi connectivity index (χ3n) is 3.90. The lowest BCUT2D eigenvalue weighted by Gasteiger charge is -2.43. The zero-order valence-corrected chi connectivity index (χ0v) is 13.1. The van der Waals surface area contributed by atoms with Gasteiger partial charge in [0, 0.05) is 25.9 Å². The minimum Gasteiger partial charge on any atom is -0.480 e. The lowest BCUT2D eigenvalue weighted by molar-refractivity contribution is -0.146. The molecule has 1 atom stereocenters. The predicted octanol–water partition coefficient (Wildman–Crippen LogP) is 1.13. The van der Waals surface area contributed by atoms with Gasteiger partial charge in [0.2, 0.25) is 0 Å². The SMILES string of the molecule is CN1CCC2(CC1)OCC(C(=O)O)N2C(=O)OC(C)(C)C. The van der Waals surface area contributed by atoms with Crippen molar-refractivity contribution in [2.24, 2.45) is 0 Å². The molecule has 2 saturated heterocycles. The molecule has 1 N–H and O–H groups in total. The summed E-state index contributed by atoms with van der Waals surface area (Å²) in [6.45, 7) is 6.81. The maximum absolute atomic E-state index is 12.5. The van der Waals surface area contributed by atoms with Crippen LogP contribution in [0.25, 0.3) is 0 Å². The number of piperidine rings is 1. The summed E-state index contributed by atoms with van der Waals surface area (Å²) in [7, 11) is 1.99. The number of likely N-dealkylation sites (tertiary alicyclic amines) is 1. The van der Waals surface area contributed by atoms with Crippen molar-refractivity contribution in [1.29, 1.82) is 0 Å². The van der Waals surface area contributed by atoms with Gasteiger partial charge < -0.3 is 19.5 Å². The van der Waals surface area contributed by atoms with E-state index in [1.807, 2.05) is 7.05 Å². The highest BCUT2D eigenvalue weighted by atomic mass is 16.6. The molecule has 0 aromatic heterocycles. The van der Waals surface area contributed by atoms with Crippen LogP contribution < -0.4 is 0 Å². The average molecular weight is 300 g/mol. The number of nitrogens with zero attached hydrogens (tertiary/aromatic N) is 2. The van der Waals surface area contributed by atoms with Gasteiger partial charge in [0.25, 0.3) is 0 Å². The van der Waals surface area contributed by atoms with E-state index in [1.54, 1.807) is 20.8 Å². The van der Waals surface area contributed by atoms with Crippen LogP contribution in [0.15, 0.2) is 0 Å². The molecule has 0 bridgehead atoms. The van der Waals surface area contributed by atoms with E-state index in [2.05, 4.69) is 4.90 Å². The van der Waals surface area contributed by atoms with Crippen LogP contribution in [0.1, 0.15) is 33.6 Å². The molecule has 21 heavy (non-hydrogen) atoms. The van der Waals surface area contributed by atoms with Gasteiger partial charge in [-0.1, -0.05) is 0 Å². The van der Waals surface area contributed by atoms with Gasteiger partial charge in [0.05, 0.1) is 6.61 Å². The number of carboxylic acid groups (broad SMARTS) is 1. The highest BCUT2D eigenvalue weighted by Gasteiger charge is 2.54. The van der Waals surface area contributed by atoms with Crippen molar-refractivity contribution in [3.05, 3.63) is 0 Å². The summed E-state index contributed by atoms with van der Waals surface area (Å²) in [5.41, 5.74) is -1.52. The van der Waals surface area contributed by atoms with E-state index in [0.29, 0.717) is 12.8 Å². The zero-order valence-electron chi connectivity index (χ0n) is 13.1. The fourth-order valence-corrected chi connectivity index (χ4v) is 2.80. The second-order valence-electron chi connectivity index (χ2n) is 6.76. The molecule has 2 aliphatic heterocycles. The van der Waals surface area contributed by atoms with Crippen LogP contribution >= 0.6 is 0 Å². The minimum absolute atomic E-state index is 0.0122. The van der Waals surface area contributed by atoms with Crippen LogP contribution in [0.4, 0.5) is 4.79 Å². The van der Waals surface area contributed by atoms with E-state index >= 15 is 0 Å². The fourth-order valence-electron chi connectivity index (χ4n) is 2.80. The van der Waals surface area contributed by atoms with Crippen molar-refractivity contribution in [2.45, 2.75) is 51.0 Å². The van der Waals surface area contributed by atoms with E-state index in [9.17, 15) is 14.7 Å². The molecule has 2 fully saturated rings. The van der Waals surface area contributed by atoms with Crippen molar-refractivity contribution < 1.29 is 24.2 Å². The first-order chi connectivity index (χ1) is 9.65. The number of carbonyl (C=O) groups is 2. The number of aliphatic carboxylic acids is 1. The molecule has 2 rings (SSSR count). The quantitative estimate of drug-likeness (QED) is 0.782. The molecule has 0 aliphatic carbocycles. The molecule has 7 heteroatoms. The van der Waals surface area contributed by atoms with Crippen LogP contribution in [0.5, 0.6) is 0 Å². The number of carboxylic acids is 1. The van der Waals surface area contributed by atoms with Gasteiger partial charge in [-0.3, -0.25) is 4.90 Å². The first-order valence-corrected chi connectivity index (χ1v) is 7.22. The molecule has 7 nitrogen and oxygen atoms in total. The van der Waals surface area contributed by atoms with Crippen molar-refractivity contribution in [2.75, 3.05) is 26.7 Å². The van der Waals surface area contributed by atoms with Crippen molar-refractivity contribution in [3.8, 4) is 0 Å². The summed E-state index contributed by atoms with van der Waals surface area (Å²) in [5, 5.41) is 9.36. The molecule has 1 spiro atoms. The Balaban J connectivity index is 2.24. The predicted molar refractivity (Wildman–Crippen MR) is 74.9 cm³/mol. The van der Waals surface area contributed by atoms with E-state index in [1.165, 1.54) is 4.90 Å². The third-order valence-corrected chi connectivity index (χ3v) is 3.90. The Morgan fingerprint density at radius 1 is 1.29 bits per heavy atom. The molecule has 2 heterocycles. The van der Waals surface area contributed by atoms with Gasteiger partial charge in [-0.15, -0.1) is 0 Å². The standard InChI is InChI=1S/C14H24N2O5/c1-13(2,3)21-12(19)16-10(11(17)18)9-20-14(16)5-7-15(4)8-6-14/h10H,5-9H2,1-4H3,(H,17,18). The number of carbonyl (C=O) groups excluding carboxylic acids is 1. The maximum Gasteiger partial charge on any atom is 0.413 e. The number of hydrogen-bond donors (Lipinski definition) is 1. The summed E-state index contributed by atoms with van der Waals surface area (Å²) in [4.78, 5) is 27.3. The fraction of sp³-hybridized carbons (Fsp3) is 0.857. The average Bonchev–Trinajstić information content (AvgIpc) is 2.71. The number of amides is 1. The van der Waals surface area contributed by atoms with E-state index in [4.69, 9.17) is 9.47 Å². The molecule has 120 valence electrons. The summed E-state index contributed by atoms with van der Waals surface area (Å²) in [5.74, 6) is -1.06. The van der Waals surface area contributed by atoms with Crippen molar-refractivity contribution in [1.82, 2.24) is 9.80 Å². The zero-order chi connectivity index (χ0) is 15.8. The highest BCUT2D eigenvalue weighted by Crippen LogP contribution is 2.38. The Morgan fingerprint density at radius 2 is 1.86 bits per heavy atom. The molecule has 1 amide bonds. The summed E-state index contributed by atoms with van der Waals surface area (Å²) < 4.78 is 11.2. The number of ether oxygens (including phenoxy) is 2. The smallest absolute Gasteiger partial charge is 0.413 e. The Hall–Kier alpha value is -1.34. The van der Waals surface area contributed by atoms with E-state index < -0.39 is 29.4 Å². The Kier molecular flexibility index (Phi) is 4.17.